The van der Waals surface area contributed by atoms with Crippen molar-refractivity contribution in [3.63, 3.8) is 0 Å². The van der Waals surface area contributed by atoms with Crippen LogP contribution in [0.3, 0.4) is 0 Å². The second-order valence-corrected chi connectivity index (χ2v) is 7.35. The molecule has 2 heterocycles. The molecule has 1 atom stereocenters. The summed E-state index contributed by atoms with van der Waals surface area (Å²) >= 11 is 0. The van der Waals surface area contributed by atoms with E-state index in [1.165, 1.54) is 0 Å². The lowest BCUT2D eigenvalue weighted by atomic mass is 9.83. The predicted octanol–water partition coefficient (Wildman–Crippen LogP) is 4.03. The Hall–Kier alpha value is -4.18. The number of rotatable bonds is 8. The minimum atomic E-state index is -0.757. The summed E-state index contributed by atoms with van der Waals surface area (Å²) in [4.78, 5) is 30.4. The molecule has 1 aromatic heterocycles. The lowest BCUT2D eigenvalue weighted by Gasteiger charge is -2.29. The number of hydrogen-bond donors (Lipinski definition) is 1. The fourth-order valence-corrected chi connectivity index (χ4v) is 3.59. The molecule has 33 heavy (non-hydrogen) atoms. The highest BCUT2D eigenvalue weighted by Gasteiger charge is 2.38. The van der Waals surface area contributed by atoms with Gasteiger partial charge in [0.2, 0.25) is 0 Å². The van der Waals surface area contributed by atoms with Crippen molar-refractivity contribution in [2.75, 3.05) is 13.2 Å². The van der Waals surface area contributed by atoms with Crippen LogP contribution in [0.2, 0.25) is 0 Å². The average Bonchev–Trinajstić information content (AvgIpc) is 2.82. The molecule has 1 N–H and O–H groups in total. The van der Waals surface area contributed by atoms with Gasteiger partial charge in [-0.15, -0.1) is 0 Å². The zero-order valence-corrected chi connectivity index (χ0v) is 18.6. The molecule has 0 bridgehead atoms. The van der Waals surface area contributed by atoms with Gasteiger partial charge in [0.1, 0.15) is 13.2 Å². The third-order valence-electron chi connectivity index (χ3n) is 5.05. The Labute approximate surface area is 193 Å². The number of benzene rings is 1. The monoisotopic (exact) mass is 443 g/mol. The molecule has 3 rings (SSSR count). The van der Waals surface area contributed by atoms with Gasteiger partial charge in [-0.1, -0.05) is 42.5 Å². The van der Waals surface area contributed by atoms with Crippen LogP contribution >= 0.6 is 0 Å². The first-order valence-electron chi connectivity index (χ1n) is 10.5. The molecule has 0 aliphatic carbocycles. The molecule has 0 spiro atoms. The minimum absolute atomic E-state index is 0.0339. The maximum absolute atomic E-state index is 13.1. The zero-order chi connectivity index (χ0) is 23.6. The van der Waals surface area contributed by atoms with Crippen molar-refractivity contribution in [2.24, 2.45) is 0 Å². The number of esters is 2. The number of hydrogen-bond acceptors (Lipinski definition) is 7. The van der Waals surface area contributed by atoms with Crippen LogP contribution in [0.4, 0.5) is 0 Å². The summed E-state index contributed by atoms with van der Waals surface area (Å²) in [6.45, 7) is 3.54. The molecule has 0 saturated heterocycles. The standard InChI is InChI=1S/C26H25N3O4/c1-18-22(25(30)32-16-8-12-20-10-4-3-5-11-20)24(21-13-6-7-15-28-21)23(19(2)29-18)26(31)33-17-9-14-27/h3-8,10-13,15,24,29H,9,16-17H2,1-2H3. The van der Waals surface area contributed by atoms with Gasteiger partial charge in [0.15, 0.2) is 0 Å². The van der Waals surface area contributed by atoms with Crippen molar-refractivity contribution in [2.45, 2.75) is 26.2 Å². The van der Waals surface area contributed by atoms with Crippen LogP contribution in [-0.2, 0) is 19.1 Å². The Morgan fingerprint density at radius 1 is 1.03 bits per heavy atom. The van der Waals surface area contributed by atoms with Gasteiger partial charge in [-0.25, -0.2) is 9.59 Å². The number of nitriles is 1. The average molecular weight is 444 g/mol. The van der Waals surface area contributed by atoms with E-state index in [9.17, 15) is 9.59 Å². The number of nitrogens with zero attached hydrogens (tertiary/aromatic N) is 2. The third kappa shape index (κ3) is 5.95. The van der Waals surface area contributed by atoms with Crippen LogP contribution in [0.15, 0.2) is 83.3 Å². The minimum Gasteiger partial charge on any atom is -0.461 e. The number of dihydropyridines is 1. The van der Waals surface area contributed by atoms with Gasteiger partial charge in [0.05, 0.1) is 35.2 Å². The van der Waals surface area contributed by atoms with E-state index in [-0.39, 0.29) is 25.2 Å². The van der Waals surface area contributed by atoms with Crippen molar-refractivity contribution < 1.29 is 19.1 Å². The Kier molecular flexibility index (Phi) is 8.14. The van der Waals surface area contributed by atoms with Crippen LogP contribution in [0.25, 0.3) is 6.08 Å². The molecule has 1 unspecified atom stereocenters. The second-order valence-electron chi connectivity index (χ2n) is 7.35. The fourth-order valence-electron chi connectivity index (χ4n) is 3.59. The molecule has 7 heteroatoms. The summed E-state index contributed by atoms with van der Waals surface area (Å²) in [6, 6.07) is 16.9. The van der Waals surface area contributed by atoms with E-state index in [2.05, 4.69) is 10.3 Å². The first kappa shape index (κ1) is 23.5. The Balaban J connectivity index is 1.85. The van der Waals surface area contributed by atoms with Crippen LogP contribution in [-0.4, -0.2) is 30.1 Å². The highest BCUT2D eigenvalue weighted by Crippen LogP contribution is 2.38. The molecule has 2 aromatic rings. The van der Waals surface area contributed by atoms with Gasteiger partial charge < -0.3 is 14.8 Å². The maximum Gasteiger partial charge on any atom is 0.337 e. The smallest absolute Gasteiger partial charge is 0.337 e. The predicted molar refractivity (Wildman–Crippen MR) is 123 cm³/mol. The number of allylic oxidation sites excluding steroid dienone is 2. The first-order chi connectivity index (χ1) is 16.0. The number of pyridine rings is 1. The number of ether oxygens (including phenoxy) is 2. The van der Waals surface area contributed by atoms with Crippen molar-refractivity contribution in [1.82, 2.24) is 10.3 Å². The molecule has 0 saturated carbocycles. The van der Waals surface area contributed by atoms with Crippen LogP contribution in [0.1, 0.15) is 37.4 Å². The number of carbonyl (C=O) groups excluding carboxylic acids is 2. The highest BCUT2D eigenvalue weighted by atomic mass is 16.5. The quantitative estimate of drug-likeness (QED) is 0.485. The molecule has 1 aliphatic heterocycles. The summed E-state index contributed by atoms with van der Waals surface area (Å²) in [5, 5.41) is 11.8. The summed E-state index contributed by atoms with van der Waals surface area (Å²) < 4.78 is 10.8. The molecule has 1 aliphatic rings. The van der Waals surface area contributed by atoms with Crippen molar-refractivity contribution in [3.05, 3.63) is 94.6 Å². The van der Waals surface area contributed by atoms with Gasteiger partial charge in [0.25, 0.3) is 0 Å². The normalized spacial score (nSPS) is 15.7. The SMILES string of the molecule is CC1=C(C(=O)OCC=Cc2ccccc2)C(c2ccccn2)C(C(=O)OCCC#N)=C(C)N1. The van der Waals surface area contributed by atoms with Crippen LogP contribution in [0.5, 0.6) is 0 Å². The van der Waals surface area contributed by atoms with Gasteiger partial charge in [0, 0.05) is 17.6 Å². The van der Waals surface area contributed by atoms with E-state index >= 15 is 0 Å². The summed E-state index contributed by atoms with van der Waals surface area (Å²) in [6.07, 6.45) is 5.31. The summed E-state index contributed by atoms with van der Waals surface area (Å²) in [5.41, 5.74) is 3.22. The fraction of sp³-hybridized carbons (Fsp3) is 0.231. The largest absolute Gasteiger partial charge is 0.461 e. The Bertz CT molecular complexity index is 1130. The molecule has 168 valence electrons. The lowest BCUT2D eigenvalue weighted by molar-refractivity contribution is -0.139. The maximum atomic E-state index is 13.1. The third-order valence-corrected chi connectivity index (χ3v) is 5.05. The van der Waals surface area contributed by atoms with E-state index in [0.29, 0.717) is 22.7 Å². The molecule has 0 fully saturated rings. The molecule has 0 radical (unpaired) electrons. The van der Waals surface area contributed by atoms with Crippen molar-refractivity contribution >= 4 is 18.0 Å². The summed E-state index contributed by atoms with van der Waals surface area (Å²) in [5.74, 6) is -1.91. The Morgan fingerprint density at radius 3 is 2.33 bits per heavy atom. The molecular formula is C26H25N3O4. The number of nitrogens with one attached hydrogen (secondary N) is 1. The highest BCUT2D eigenvalue weighted by molar-refractivity contribution is 5.99. The molecular weight excluding hydrogens is 418 g/mol. The van der Waals surface area contributed by atoms with Crippen molar-refractivity contribution in [3.8, 4) is 6.07 Å². The van der Waals surface area contributed by atoms with E-state index in [1.807, 2.05) is 42.5 Å². The number of aromatic nitrogens is 1. The van der Waals surface area contributed by atoms with E-state index in [4.69, 9.17) is 14.7 Å². The molecule has 0 amide bonds. The summed E-state index contributed by atoms with van der Waals surface area (Å²) in [7, 11) is 0. The van der Waals surface area contributed by atoms with E-state index in [0.717, 1.165) is 5.56 Å². The zero-order valence-electron chi connectivity index (χ0n) is 18.6. The van der Waals surface area contributed by atoms with E-state index in [1.54, 1.807) is 44.3 Å². The lowest BCUT2D eigenvalue weighted by Crippen LogP contribution is -2.33. The molecule has 7 nitrogen and oxygen atoms in total. The topological polar surface area (TPSA) is 101 Å². The Morgan fingerprint density at radius 2 is 1.70 bits per heavy atom. The van der Waals surface area contributed by atoms with Crippen LogP contribution in [0, 0.1) is 11.3 Å². The van der Waals surface area contributed by atoms with Crippen molar-refractivity contribution in [1.29, 1.82) is 5.26 Å². The molecule has 1 aromatic carbocycles. The van der Waals surface area contributed by atoms with E-state index < -0.39 is 17.9 Å². The van der Waals surface area contributed by atoms with Gasteiger partial charge in [-0.3, -0.25) is 4.98 Å². The van der Waals surface area contributed by atoms with Gasteiger partial charge >= 0.3 is 11.9 Å². The van der Waals surface area contributed by atoms with Crippen LogP contribution < -0.4 is 5.32 Å². The van der Waals surface area contributed by atoms with Gasteiger partial charge in [-0.2, -0.15) is 5.26 Å². The number of carbonyl (C=O) groups is 2. The second kappa shape index (κ2) is 11.4. The first-order valence-corrected chi connectivity index (χ1v) is 10.5. The van der Waals surface area contributed by atoms with Gasteiger partial charge in [-0.05, 0) is 37.6 Å².